The molecule has 1 aromatic rings. The zero-order valence-corrected chi connectivity index (χ0v) is 12.5. The number of hydrogen-bond donors (Lipinski definition) is 1. The van der Waals surface area contributed by atoms with Crippen molar-refractivity contribution in [3.63, 3.8) is 0 Å². The van der Waals surface area contributed by atoms with Crippen molar-refractivity contribution in [3.05, 3.63) is 23.0 Å². The lowest BCUT2D eigenvalue weighted by atomic mass is 10.3. The molecule has 1 aliphatic rings. The van der Waals surface area contributed by atoms with Gasteiger partial charge in [-0.1, -0.05) is 29.3 Å². The van der Waals surface area contributed by atoms with E-state index < -0.39 is 5.82 Å². The fourth-order valence-corrected chi connectivity index (χ4v) is 2.04. The van der Waals surface area contributed by atoms with E-state index in [1.165, 1.54) is 17.8 Å². The Morgan fingerprint density at radius 2 is 2.40 bits per heavy atom. The second-order valence-electron chi connectivity index (χ2n) is 3.38. The van der Waals surface area contributed by atoms with Gasteiger partial charge in [-0.25, -0.2) is 9.38 Å². The summed E-state index contributed by atoms with van der Waals surface area (Å²) in [7, 11) is 0. The van der Waals surface area contributed by atoms with Crippen LogP contribution in [0.5, 0.6) is 5.75 Å². The molecule has 0 amide bonds. The Morgan fingerprint density at radius 3 is 3.05 bits per heavy atom. The Bertz CT molecular complexity index is 587. The smallest absolute Gasteiger partial charge is 0.206 e. The summed E-state index contributed by atoms with van der Waals surface area (Å²) in [6, 6.07) is 2.55. The van der Waals surface area contributed by atoms with E-state index >= 15 is 0 Å². The number of rotatable bonds is 4. The highest BCUT2D eigenvalue weighted by atomic mass is 35.5. The fourth-order valence-electron chi connectivity index (χ4n) is 1.28. The van der Waals surface area contributed by atoms with E-state index in [1.807, 2.05) is 0 Å². The summed E-state index contributed by atoms with van der Waals surface area (Å²) in [4.78, 5) is 3.99. The molecular formula is C12H10Cl2FN3OS. The first kappa shape index (κ1) is 16.6. The molecule has 0 aliphatic carbocycles. The van der Waals surface area contributed by atoms with Gasteiger partial charge in [-0.15, -0.1) is 23.9 Å². The first-order valence-electron chi connectivity index (χ1n) is 5.25. The molecule has 2 rings (SSSR count). The molecule has 0 aromatic heterocycles. The fraction of sp³-hybridized carbons (Fsp3) is 0.167. The maximum absolute atomic E-state index is 13.7. The summed E-state index contributed by atoms with van der Waals surface area (Å²) in [6.07, 6.45) is 6.81. The number of amidine groups is 1. The molecule has 4 nitrogen and oxygen atoms in total. The average Bonchev–Trinajstić information content (AvgIpc) is 2.90. The lowest BCUT2D eigenvalue weighted by Crippen LogP contribution is -1.99. The Hall–Kier alpha value is -1.42. The van der Waals surface area contributed by atoms with E-state index in [-0.39, 0.29) is 29.7 Å². The second-order valence-corrected chi connectivity index (χ2v) is 4.78. The number of hydrazone groups is 1. The van der Waals surface area contributed by atoms with E-state index in [4.69, 9.17) is 22.8 Å². The number of terminal acetylenes is 1. The predicted octanol–water partition coefficient (Wildman–Crippen LogP) is 3.41. The minimum atomic E-state index is -0.533. The number of ether oxygens (including phenoxy) is 1. The Balaban J connectivity index is 0.00000200. The van der Waals surface area contributed by atoms with Crippen LogP contribution < -0.4 is 10.2 Å². The standard InChI is InChI=1S/C12H9ClFN3OS.ClH/c1-2-4-18-11-7-10(9(14)6-8(11)13)16-17-12-15-3-5-19-12;/h1,3,6-7,16H,4-5H2;1H. The van der Waals surface area contributed by atoms with Gasteiger partial charge in [0.25, 0.3) is 0 Å². The highest BCUT2D eigenvalue weighted by Crippen LogP contribution is 2.30. The molecule has 20 heavy (non-hydrogen) atoms. The largest absolute Gasteiger partial charge is 0.479 e. The van der Waals surface area contributed by atoms with E-state index in [1.54, 1.807) is 6.21 Å². The third-order valence-corrected chi connectivity index (χ3v) is 3.16. The molecular weight excluding hydrogens is 324 g/mol. The van der Waals surface area contributed by atoms with Crippen LogP contribution in [0.2, 0.25) is 5.02 Å². The first-order chi connectivity index (χ1) is 9.20. The monoisotopic (exact) mass is 333 g/mol. The maximum Gasteiger partial charge on any atom is 0.206 e. The van der Waals surface area contributed by atoms with Crippen molar-refractivity contribution in [2.24, 2.45) is 10.1 Å². The topological polar surface area (TPSA) is 46.0 Å². The Kier molecular flexibility index (Phi) is 6.65. The first-order valence-corrected chi connectivity index (χ1v) is 6.61. The summed E-state index contributed by atoms with van der Waals surface area (Å²) in [6.45, 7) is 0.0550. The summed E-state index contributed by atoms with van der Waals surface area (Å²) < 4.78 is 18.9. The summed E-state index contributed by atoms with van der Waals surface area (Å²) in [5.74, 6) is 2.84. The van der Waals surface area contributed by atoms with Gasteiger partial charge in [0.15, 0.2) is 0 Å². The van der Waals surface area contributed by atoms with Gasteiger partial charge in [0.1, 0.15) is 18.2 Å². The van der Waals surface area contributed by atoms with Crippen molar-refractivity contribution in [1.82, 2.24) is 0 Å². The molecule has 0 unspecified atom stereocenters. The second kappa shape index (κ2) is 8.00. The molecule has 1 N–H and O–H groups in total. The van der Waals surface area contributed by atoms with Crippen LogP contribution in [0.15, 0.2) is 22.2 Å². The molecule has 0 saturated carbocycles. The minimum Gasteiger partial charge on any atom is -0.479 e. The minimum absolute atomic E-state index is 0. The van der Waals surface area contributed by atoms with Crippen molar-refractivity contribution >= 4 is 52.8 Å². The molecule has 0 fully saturated rings. The van der Waals surface area contributed by atoms with Crippen molar-refractivity contribution < 1.29 is 9.13 Å². The van der Waals surface area contributed by atoms with Crippen LogP contribution in [0.25, 0.3) is 0 Å². The van der Waals surface area contributed by atoms with Gasteiger partial charge >= 0.3 is 0 Å². The van der Waals surface area contributed by atoms with Crippen molar-refractivity contribution in [3.8, 4) is 18.1 Å². The Labute approximate surface area is 131 Å². The summed E-state index contributed by atoms with van der Waals surface area (Å²) >= 11 is 7.29. The highest BCUT2D eigenvalue weighted by molar-refractivity contribution is 8.14. The van der Waals surface area contributed by atoms with Crippen LogP contribution in [0, 0.1) is 18.2 Å². The maximum atomic E-state index is 13.7. The number of thioether (sulfide) groups is 1. The number of halogens is 3. The number of nitrogens with one attached hydrogen (secondary N) is 1. The summed E-state index contributed by atoms with van der Waals surface area (Å²) in [5, 5.41) is 4.65. The number of aliphatic imine (C=N–C) groups is 1. The SMILES string of the molecule is C#CCOc1cc(NN=C2N=CCS2)c(F)cc1Cl.Cl. The van der Waals surface area contributed by atoms with Crippen molar-refractivity contribution in [1.29, 1.82) is 0 Å². The van der Waals surface area contributed by atoms with Gasteiger partial charge in [0, 0.05) is 18.0 Å². The van der Waals surface area contributed by atoms with Gasteiger partial charge in [0.05, 0.1) is 10.7 Å². The van der Waals surface area contributed by atoms with Gasteiger partial charge in [-0.2, -0.15) is 0 Å². The lowest BCUT2D eigenvalue weighted by Gasteiger charge is -2.08. The number of nitrogens with zero attached hydrogens (tertiary/aromatic N) is 2. The quantitative estimate of drug-likeness (QED) is 0.678. The van der Waals surface area contributed by atoms with Crippen LogP contribution in [0.4, 0.5) is 10.1 Å². The molecule has 0 atom stereocenters. The number of hydrogen-bond acceptors (Lipinski definition) is 4. The lowest BCUT2D eigenvalue weighted by molar-refractivity contribution is 0.370. The van der Waals surface area contributed by atoms with Crippen LogP contribution in [-0.4, -0.2) is 23.7 Å². The molecule has 0 bridgehead atoms. The van der Waals surface area contributed by atoms with E-state index in [0.29, 0.717) is 10.9 Å². The molecule has 8 heteroatoms. The van der Waals surface area contributed by atoms with Gasteiger partial charge in [-0.05, 0) is 6.07 Å². The Morgan fingerprint density at radius 1 is 1.60 bits per heavy atom. The van der Waals surface area contributed by atoms with Gasteiger partial charge < -0.3 is 4.74 Å². The molecule has 1 aliphatic heterocycles. The molecule has 1 aromatic carbocycles. The van der Waals surface area contributed by atoms with Gasteiger partial charge in [-0.3, -0.25) is 5.43 Å². The molecule has 0 radical (unpaired) electrons. The zero-order chi connectivity index (χ0) is 13.7. The normalized spacial score (nSPS) is 14.8. The van der Waals surface area contributed by atoms with Crippen LogP contribution in [0.3, 0.4) is 0 Å². The van der Waals surface area contributed by atoms with E-state index in [0.717, 1.165) is 11.8 Å². The predicted molar refractivity (Wildman–Crippen MR) is 85.0 cm³/mol. The molecule has 1 heterocycles. The molecule has 0 spiro atoms. The third kappa shape index (κ3) is 4.30. The van der Waals surface area contributed by atoms with Crippen molar-refractivity contribution in [2.75, 3.05) is 17.8 Å². The number of benzene rings is 1. The van der Waals surface area contributed by atoms with Crippen molar-refractivity contribution in [2.45, 2.75) is 0 Å². The molecule has 106 valence electrons. The van der Waals surface area contributed by atoms with E-state index in [9.17, 15) is 4.39 Å². The van der Waals surface area contributed by atoms with Crippen LogP contribution >= 0.6 is 35.8 Å². The average molecular weight is 334 g/mol. The van der Waals surface area contributed by atoms with Crippen LogP contribution in [0.1, 0.15) is 0 Å². The highest BCUT2D eigenvalue weighted by Gasteiger charge is 2.10. The third-order valence-electron chi connectivity index (χ3n) is 2.09. The van der Waals surface area contributed by atoms with E-state index in [2.05, 4.69) is 21.4 Å². The zero-order valence-electron chi connectivity index (χ0n) is 10.1. The number of anilines is 1. The van der Waals surface area contributed by atoms with Gasteiger partial charge in [0.2, 0.25) is 5.17 Å². The van der Waals surface area contributed by atoms with Crippen LogP contribution in [-0.2, 0) is 0 Å². The summed E-state index contributed by atoms with van der Waals surface area (Å²) in [5.41, 5.74) is 2.73. The molecule has 0 saturated heterocycles.